The van der Waals surface area contributed by atoms with Gasteiger partial charge < -0.3 is 10.1 Å². The molecule has 0 aromatic rings. The minimum absolute atomic E-state index is 0.102. The SMILES string of the molecule is CCOC(=O)C(CC)NC1CCC(C)(C)C1. The first-order valence-electron chi connectivity index (χ1n) is 6.41. The third kappa shape index (κ3) is 3.78. The lowest BCUT2D eigenvalue weighted by atomic mass is 9.92. The van der Waals surface area contributed by atoms with Gasteiger partial charge in [0.05, 0.1) is 6.61 Å². The van der Waals surface area contributed by atoms with Crippen molar-refractivity contribution in [1.29, 1.82) is 0 Å². The fraction of sp³-hybridized carbons (Fsp3) is 0.923. The van der Waals surface area contributed by atoms with Gasteiger partial charge in [0, 0.05) is 6.04 Å². The average Bonchev–Trinajstić information content (AvgIpc) is 2.55. The molecule has 0 aromatic heterocycles. The Morgan fingerprint density at radius 2 is 2.19 bits per heavy atom. The van der Waals surface area contributed by atoms with Crippen LogP contribution in [-0.4, -0.2) is 24.7 Å². The topological polar surface area (TPSA) is 38.3 Å². The van der Waals surface area contributed by atoms with Crippen molar-refractivity contribution in [2.75, 3.05) is 6.61 Å². The van der Waals surface area contributed by atoms with E-state index in [4.69, 9.17) is 4.74 Å². The van der Waals surface area contributed by atoms with Gasteiger partial charge in [0.2, 0.25) is 0 Å². The summed E-state index contributed by atoms with van der Waals surface area (Å²) in [5.41, 5.74) is 0.421. The third-order valence-electron chi connectivity index (χ3n) is 3.38. The van der Waals surface area contributed by atoms with Gasteiger partial charge in [-0.25, -0.2) is 0 Å². The molecule has 1 fully saturated rings. The van der Waals surface area contributed by atoms with Crippen LogP contribution in [0.5, 0.6) is 0 Å². The lowest BCUT2D eigenvalue weighted by Crippen LogP contribution is -2.43. The smallest absolute Gasteiger partial charge is 0.323 e. The second-order valence-corrected chi connectivity index (χ2v) is 5.48. The van der Waals surface area contributed by atoms with Gasteiger partial charge in [-0.3, -0.25) is 4.79 Å². The summed E-state index contributed by atoms with van der Waals surface area (Å²) < 4.78 is 5.06. The zero-order valence-corrected chi connectivity index (χ0v) is 11.0. The van der Waals surface area contributed by atoms with Crippen LogP contribution in [0.3, 0.4) is 0 Å². The first kappa shape index (κ1) is 13.5. The Hall–Kier alpha value is -0.570. The number of hydrogen-bond acceptors (Lipinski definition) is 3. The molecule has 0 amide bonds. The number of hydrogen-bond donors (Lipinski definition) is 1. The minimum atomic E-state index is -0.126. The summed E-state index contributed by atoms with van der Waals surface area (Å²) in [5, 5.41) is 3.43. The van der Waals surface area contributed by atoms with E-state index in [1.54, 1.807) is 0 Å². The molecule has 3 heteroatoms. The molecule has 0 aliphatic heterocycles. The molecule has 1 aliphatic rings. The first-order chi connectivity index (χ1) is 7.48. The van der Waals surface area contributed by atoms with Gasteiger partial charge in [0.1, 0.15) is 6.04 Å². The number of carbonyl (C=O) groups is 1. The van der Waals surface area contributed by atoms with E-state index < -0.39 is 0 Å². The highest BCUT2D eigenvalue weighted by molar-refractivity contribution is 5.75. The molecule has 0 spiro atoms. The Bertz CT molecular complexity index is 238. The summed E-state index contributed by atoms with van der Waals surface area (Å²) in [5.74, 6) is -0.102. The quantitative estimate of drug-likeness (QED) is 0.733. The lowest BCUT2D eigenvalue weighted by Gasteiger charge is -2.22. The Balaban J connectivity index is 2.42. The van der Waals surface area contributed by atoms with E-state index in [0.29, 0.717) is 18.1 Å². The number of nitrogens with one attached hydrogen (secondary N) is 1. The van der Waals surface area contributed by atoms with Crippen molar-refractivity contribution in [1.82, 2.24) is 5.32 Å². The fourth-order valence-corrected chi connectivity index (χ4v) is 2.46. The van der Waals surface area contributed by atoms with Crippen LogP contribution in [0.25, 0.3) is 0 Å². The number of esters is 1. The van der Waals surface area contributed by atoms with Crippen LogP contribution in [0, 0.1) is 5.41 Å². The Labute approximate surface area is 98.9 Å². The molecule has 0 aromatic carbocycles. The van der Waals surface area contributed by atoms with Crippen molar-refractivity contribution in [2.24, 2.45) is 5.41 Å². The third-order valence-corrected chi connectivity index (χ3v) is 3.38. The van der Waals surface area contributed by atoms with E-state index in [-0.39, 0.29) is 12.0 Å². The Kier molecular flexibility index (Phi) is 4.78. The Morgan fingerprint density at radius 1 is 1.50 bits per heavy atom. The van der Waals surface area contributed by atoms with Crippen molar-refractivity contribution in [3.63, 3.8) is 0 Å². The van der Waals surface area contributed by atoms with Gasteiger partial charge in [0.15, 0.2) is 0 Å². The van der Waals surface area contributed by atoms with Gasteiger partial charge in [0.25, 0.3) is 0 Å². The van der Waals surface area contributed by atoms with Gasteiger partial charge in [-0.2, -0.15) is 0 Å². The standard InChI is InChI=1S/C13H25NO2/c1-5-11(12(15)16-6-2)14-10-7-8-13(3,4)9-10/h10-11,14H,5-9H2,1-4H3. The zero-order chi connectivity index (χ0) is 12.2. The van der Waals surface area contributed by atoms with Crippen LogP contribution in [0.1, 0.15) is 53.4 Å². The zero-order valence-electron chi connectivity index (χ0n) is 11.0. The van der Waals surface area contributed by atoms with E-state index >= 15 is 0 Å². The number of ether oxygens (including phenoxy) is 1. The van der Waals surface area contributed by atoms with Crippen LogP contribution in [0.15, 0.2) is 0 Å². The molecule has 0 heterocycles. The largest absolute Gasteiger partial charge is 0.465 e. The van der Waals surface area contributed by atoms with Crippen molar-refractivity contribution in [3.8, 4) is 0 Å². The monoisotopic (exact) mass is 227 g/mol. The average molecular weight is 227 g/mol. The normalized spacial score (nSPS) is 25.4. The van der Waals surface area contributed by atoms with Gasteiger partial charge in [-0.05, 0) is 38.0 Å². The Morgan fingerprint density at radius 3 is 2.62 bits per heavy atom. The first-order valence-corrected chi connectivity index (χ1v) is 6.41. The molecule has 1 aliphatic carbocycles. The lowest BCUT2D eigenvalue weighted by molar-refractivity contribution is -0.146. The van der Waals surface area contributed by atoms with E-state index in [9.17, 15) is 4.79 Å². The molecule has 1 saturated carbocycles. The number of carbonyl (C=O) groups excluding carboxylic acids is 1. The highest BCUT2D eigenvalue weighted by Gasteiger charge is 2.33. The molecule has 16 heavy (non-hydrogen) atoms. The number of rotatable bonds is 5. The predicted molar refractivity (Wildman–Crippen MR) is 65.3 cm³/mol. The fourth-order valence-electron chi connectivity index (χ4n) is 2.46. The molecule has 0 saturated heterocycles. The molecule has 2 unspecified atom stereocenters. The van der Waals surface area contributed by atoms with Crippen molar-refractivity contribution in [3.05, 3.63) is 0 Å². The molecule has 1 N–H and O–H groups in total. The highest BCUT2D eigenvalue weighted by Crippen LogP contribution is 2.37. The molecular formula is C13H25NO2. The molecule has 1 rings (SSSR count). The summed E-state index contributed by atoms with van der Waals surface area (Å²) >= 11 is 0. The maximum absolute atomic E-state index is 11.6. The van der Waals surface area contributed by atoms with Crippen LogP contribution in [0.4, 0.5) is 0 Å². The van der Waals surface area contributed by atoms with E-state index in [0.717, 1.165) is 12.8 Å². The molecule has 94 valence electrons. The van der Waals surface area contributed by atoms with Gasteiger partial charge >= 0.3 is 5.97 Å². The van der Waals surface area contributed by atoms with E-state index in [1.807, 2.05) is 13.8 Å². The minimum Gasteiger partial charge on any atom is -0.465 e. The molecule has 0 radical (unpaired) electrons. The molecule has 2 atom stereocenters. The summed E-state index contributed by atoms with van der Waals surface area (Å²) in [6, 6.07) is 0.350. The highest BCUT2D eigenvalue weighted by atomic mass is 16.5. The second kappa shape index (κ2) is 5.67. The van der Waals surface area contributed by atoms with Crippen molar-refractivity contribution >= 4 is 5.97 Å². The second-order valence-electron chi connectivity index (χ2n) is 5.48. The maximum atomic E-state index is 11.6. The molecule has 3 nitrogen and oxygen atoms in total. The van der Waals surface area contributed by atoms with Gasteiger partial charge in [-0.1, -0.05) is 20.8 Å². The van der Waals surface area contributed by atoms with Crippen LogP contribution < -0.4 is 5.32 Å². The van der Waals surface area contributed by atoms with Crippen molar-refractivity contribution in [2.45, 2.75) is 65.5 Å². The summed E-state index contributed by atoms with van der Waals surface area (Å²) in [6.45, 7) is 8.92. The summed E-state index contributed by atoms with van der Waals surface area (Å²) in [6.07, 6.45) is 4.37. The van der Waals surface area contributed by atoms with Crippen LogP contribution in [0.2, 0.25) is 0 Å². The van der Waals surface area contributed by atoms with Crippen LogP contribution >= 0.6 is 0 Å². The van der Waals surface area contributed by atoms with Crippen molar-refractivity contribution < 1.29 is 9.53 Å². The predicted octanol–water partition coefficient (Wildman–Crippen LogP) is 2.50. The molecule has 0 bridgehead atoms. The summed E-state index contributed by atoms with van der Waals surface area (Å²) in [7, 11) is 0. The van der Waals surface area contributed by atoms with Crippen LogP contribution in [-0.2, 0) is 9.53 Å². The van der Waals surface area contributed by atoms with E-state index in [1.165, 1.54) is 12.8 Å². The summed E-state index contributed by atoms with van der Waals surface area (Å²) in [4.78, 5) is 11.6. The van der Waals surface area contributed by atoms with Gasteiger partial charge in [-0.15, -0.1) is 0 Å². The maximum Gasteiger partial charge on any atom is 0.323 e. The van der Waals surface area contributed by atoms with E-state index in [2.05, 4.69) is 19.2 Å². The molecular weight excluding hydrogens is 202 g/mol.